The predicted octanol–water partition coefficient (Wildman–Crippen LogP) is 1.46. The predicted molar refractivity (Wildman–Crippen MR) is 46.9 cm³/mol. The van der Waals surface area contributed by atoms with Crippen LogP contribution >= 0.6 is 0 Å². The van der Waals surface area contributed by atoms with Crippen LogP contribution in [0.5, 0.6) is 0 Å². The molecule has 0 heterocycles. The van der Waals surface area contributed by atoms with Crippen LogP contribution in [0.2, 0.25) is 0 Å². The third kappa shape index (κ3) is 2.97. The maximum absolute atomic E-state index is 12.5. The van der Waals surface area contributed by atoms with Crippen molar-refractivity contribution in [2.75, 3.05) is 0 Å². The molecule has 74 valence electrons. The summed E-state index contributed by atoms with van der Waals surface area (Å²) in [4.78, 5) is 21.2. The van der Waals surface area contributed by atoms with E-state index in [4.69, 9.17) is 0 Å². The summed E-state index contributed by atoms with van der Waals surface area (Å²) >= 11 is 0. The number of benzene rings is 1. The van der Waals surface area contributed by atoms with Crippen LogP contribution in [0.1, 0.15) is 12.5 Å². The van der Waals surface area contributed by atoms with Crippen molar-refractivity contribution in [1.29, 1.82) is 0 Å². The third-order valence-electron chi connectivity index (χ3n) is 1.57. The lowest BCUT2D eigenvalue weighted by atomic mass is 10.2. The summed E-state index contributed by atoms with van der Waals surface area (Å²) in [6, 6.07) is 5.50. The lowest BCUT2D eigenvalue weighted by Gasteiger charge is -2.01. The molecule has 1 aromatic carbocycles. The minimum Gasteiger partial charge on any atom is -0.455 e. The second-order valence-electron chi connectivity index (χ2n) is 2.76. The molecule has 0 unspecified atom stereocenters. The number of carbonyl (C=O) groups is 2. The minimum absolute atomic E-state index is 0.0152. The van der Waals surface area contributed by atoms with Crippen molar-refractivity contribution in [2.24, 2.45) is 0 Å². The van der Waals surface area contributed by atoms with Crippen LogP contribution < -0.4 is 0 Å². The zero-order valence-electron chi connectivity index (χ0n) is 7.62. The first-order valence-electron chi connectivity index (χ1n) is 4.01. The highest BCUT2D eigenvalue weighted by molar-refractivity contribution is 6.32. The molecule has 0 bridgehead atoms. The van der Waals surface area contributed by atoms with E-state index in [2.05, 4.69) is 4.74 Å². The summed E-state index contributed by atoms with van der Waals surface area (Å²) in [6.45, 7) is 1.12. The van der Waals surface area contributed by atoms with Crippen molar-refractivity contribution >= 4 is 11.8 Å². The molecule has 0 atom stereocenters. The Balaban J connectivity index is 2.50. The van der Waals surface area contributed by atoms with Gasteiger partial charge in [0, 0.05) is 6.92 Å². The van der Waals surface area contributed by atoms with Gasteiger partial charge in [0.2, 0.25) is 5.78 Å². The van der Waals surface area contributed by atoms with Gasteiger partial charge in [-0.05, 0) is 17.7 Å². The molecular formula is C10H9FO3. The van der Waals surface area contributed by atoms with E-state index in [1.165, 1.54) is 24.3 Å². The average Bonchev–Trinajstić information content (AvgIpc) is 2.16. The van der Waals surface area contributed by atoms with Gasteiger partial charge in [0.15, 0.2) is 0 Å². The molecular weight excluding hydrogens is 187 g/mol. The SMILES string of the molecule is CC(=O)C(=O)OCc1ccc(F)cc1. The zero-order valence-corrected chi connectivity index (χ0v) is 7.62. The molecule has 0 radical (unpaired) electrons. The van der Waals surface area contributed by atoms with Crippen LogP contribution in [-0.4, -0.2) is 11.8 Å². The number of rotatable bonds is 3. The van der Waals surface area contributed by atoms with Crippen molar-refractivity contribution in [2.45, 2.75) is 13.5 Å². The van der Waals surface area contributed by atoms with Gasteiger partial charge in [0.25, 0.3) is 0 Å². The van der Waals surface area contributed by atoms with Crippen LogP contribution in [0.3, 0.4) is 0 Å². The molecule has 0 N–H and O–H groups in total. The van der Waals surface area contributed by atoms with E-state index in [0.29, 0.717) is 5.56 Å². The van der Waals surface area contributed by atoms with Crippen LogP contribution in [0.15, 0.2) is 24.3 Å². The van der Waals surface area contributed by atoms with Gasteiger partial charge in [-0.1, -0.05) is 12.1 Å². The van der Waals surface area contributed by atoms with Crippen LogP contribution in [0.25, 0.3) is 0 Å². The van der Waals surface area contributed by atoms with Gasteiger partial charge in [0.1, 0.15) is 12.4 Å². The second kappa shape index (κ2) is 4.50. The van der Waals surface area contributed by atoms with E-state index in [-0.39, 0.29) is 12.4 Å². The molecule has 1 aromatic rings. The Labute approximate surface area is 80.5 Å². The molecule has 0 fully saturated rings. The Morgan fingerprint density at radius 2 is 1.86 bits per heavy atom. The van der Waals surface area contributed by atoms with Crippen molar-refractivity contribution < 1.29 is 18.7 Å². The molecule has 0 aliphatic rings. The maximum atomic E-state index is 12.5. The van der Waals surface area contributed by atoms with Gasteiger partial charge in [-0.3, -0.25) is 4.79 Å². The Hall–Kier alpha value is -1.71. The summed E-state index contributed by atoms with van der Waals surface area (Å²) in [7, 11) is 0. The molecule has 0 aromatic heterocycles. The van der Waals surface area contributed by atoms with Crippen molar-refractivity contribution in [1.82, 2.24) is 0 Å². The van der Waals surface area contributed by atoms with E-state index < -0.39 is 11.8 Å². The maximum Gasteiger partial charge on any atom is 0.374 e. The molecule has 0 saturated heterocycles. The van der Waals surface area contributed by atoms with E-state index in [0.717, 1.165) is 6.92 Å². The molecule has 0 amide bonds. The fourth-order valence-corrected chi connectivity index (χ4v) is 0.831. The largest absolute Gasteiger partial charge is 0.455 e. The summed E-state index contributed by atoms with van der Waals surface area (Å²) in [6.07, 6.45) is 0. The minimum atomic E-state index is -0.880. The Kier molecular flexibility index (Phi) is 3.34. The normalized spacial score (nSPS) is 9.57. The summed E-state index contributed by atoms with van der Waals surface area (Å²) in [5.74, 6) is -1.88. The van der Waals surface area contributed by atoms with E-state index >= 15 is 0 Å². The van der Waals surface area contributed by atoms with Gasteiger partial charge >= 0.3 is 5.97 Å². The molecule has 0 aliphatic heterocycles. The smallest absolute Gasteiger partial charge is 0.374 e. The first kappa shape index (κ1) is 10.4. The van der Waals surface area contributed by atoms with Crippen LogP contribution in [-0.2, 0) is 20.9 Å². The molecule has 0 spiro atoms. The fourth-order valence-electron chi connectivity index (χ4n) is 0.831. The highest BCUT2D eigenvalue weighted by Gasteiger charge is 2.08. The van der Waals surface area contributed by atoms with E-state index in [1.54, 1.807) is 0 Å². The number of halogens is 1. The number of Topliss-reactive ketones (excluding diaryl/α,β-unsaturated/α-hetero) is 1. The highest BCUT2D eigenvalue weighted by atomic mass is 19.1. The standard InChI is InChI=1S/C10H9FO3/c1-7(12)10(13)14-6-8-2-4-9(11)5-3-8/h2-5H,6H2,1H3. The molecule has 1 rings (SSSR count). The summed E-state index contributed by atoms with van der Waals surface area (Å²) in [5.41, 5.74) is 0.640. The quantitative estimate of drug-likeness (QED) is 0.543. The van der Waals surface area contributed by atoms with Gasteiger partial charge in [-0.25, -0.2) is 9.18 Å². The average molecular weight is 196 g/mol. The molecule has 0 saturated carbocycles. The van der Waals surface area contributed by atoms with Crippen molar-refractivity contribution in [3.8, 4) is 0 Å². The number of hydrogen-bond acceptors (Lipinski definition) is 3. The number of ketones is 1. The second-order valence-corrected chi connectivity index (χ2v) is 2.76. The van der Waals surface area contributed by atoms with Gasteiger partial charge in [-0.2, -0.15) is 0 Å². The Morgan fingerprint density at radius 3 is 2.36 bits per heavy atom. The van der Waals surface area contributed by atoms with Gasteiger partial charge in [-0.15, -0.1) is 0 Å². The highest BCUT2D eigenvalue weighted by Crippen LogP contribution is 2.04. The summed E-state index contributed by atoms with van der Waals surface area (Å²) < 4.78 is 17.1. The van der Waals surface area contributed by atoms with Gasteiger partial charge in [0.05, 0.1) is 0 Å². The van der Waals surface area contributed by atoms with E-state index in [1.807, 2.05) is 0 Å². The number of carbonyl (C=O) groups excluding carboxylic acids is 2. The monoisotopic (exact) mass is 196 g/mol. The Bertz CT molecular complexity index is 343. The lowest BCUT2D eigenvalue weighted by Crippen LogP contribution is -2.13. The molecule has 14 heavy (non-hydrogen) atoms. The van der Waals surface area contributed by atoms with Crippen LogP contribution in [0, 0.1) is 5.82 Å². The molecule has 4 heteroatoms. The van der Waals surface area contributed by atoms with Crippen molar-refractivity contribution in [3.63, 3.8) is 0 Å². The number of hydrogen-bond donors (Lipinski definition) is 0. The summed E-state index contributed by atoms with van der Waals surface area (Å²) in [5, 5.41) is 0. The molecule has 3 nitrogen and oxygen atoms in total. The van der Waals surface area contributed by atoms with Crippen LogP contribution in [0.4, 0.5) is 4.39 Å². The zero-order chi connectivity index (χ0) is 10.6. The first-order valence-corrected chi connectivity index (χ1v) is 4.01. The topological polar surface area (TPSA) is 43.4 Å². The lowest BCUT2D eigenvalue weighted by molar-refractivity contribution is -0.153. The van der Waals surface area contributed by atoms with Crippen molar-refractivity contribution in [3.05, 3.63) is 35.6 Å². The van der Waals surface area contributed by atoms with Gasteiger partial charge < -0.3 is 4.74 Å². The molecule has 0 aliphatic carbocycles. The Morgan fingerprint density at radius 1 is 1.29 bits per heavy atom. The number of esters is 1. The third-order valence-corrected chi connectivity index (χ3v) is 1.57. The first-order chi connectivity index (χ1) is 6.59. The fraction of sp³-hybridized carbons (Fsp3) is 0.200. The van der Waals surface area contributed by atoms with E-state index in [9.17, 15) is 14.0 Å². The number of ether oxygens (including phenoxy) is 1.